The fourth-order valence-corrected chi connectivity index (χ4v) is 3.25. The number of carbonyl (C=O) groups is 1. The molecule has 5 heteroatoms. The summed E-state index contributed by atoms with van der Waals surface area (Å²) in [5.74, 6) is 0.862. The maximum atomic E-state index is 12.2. The van der Waals surface area contributed by atoms with E-state index in [0.29, 0.717) is 12.1 Å². The van der Waals surface area contributed by atoms with Crippen molar-refractivity contribution < 1.29 is 14.6 Å². The first-order chi connectivity index (χ1) is 10.1. The molecule has 0 radical (unpaired) electrons. The van der Waals surface area contributed by atoms with Crippen molar-refractivity contribution in [1.82, 2.24) is 5.32 Å². The highest BCUT2D eigenvalue weighted by atomic mass is 79.9. The van der Waals surface area contributed by atoms with Gasteiger partial charge in [-0.3, -0.25) is 4.79 Å². The number of rotatable bonds is 3. The van der Waals surface area contributed by atoms with Gasteiger partial charge in [0, 0.05) is 22.5 Å². The molecule has 0 saturated heterocycles. The molecule has 0 spiro atoms. The molecule has 1 fully saturated rings. The molecule has 1 heterocycles. The van der Waals surface area contributed by atoms with Crippen LogP contribution in [-0.2, 0) is 4.79 Å². The monoisotopic (exact) mass is 351 g/mol. The maximum Gasteiger partial charge on any atom is 0.250 e. The molecule has 3 rings (SSSR count). The van der Waals surface area contributed by atoms with Crippen molar-refractivity contribution in [2.45, 2.75) is 25.4 Å². The average Bonchev–Trinajstić information content (AvgIpc) is 2.89. The number of hydrogen-bond acceptors (Lipinski definition) is 3. The third-order valence-electron chi connectivity index (χ3n) is 4.12. The van der Waals surface area contributed by atoms with Gasteiger partial charge in [-0.1, -0.05) is 22.4 Å². The lowest BCUT2D eigenvalue weighted by molar-refractivity contribution is -0.118. The van der Waals surface area contributed by atoms with Gasteiger partial charge in [-0.25, -0.2) is 0 Å². The van der Waals surface area contributed by atoms with Crippen LogP contribution in [0.5, 0.6) is 5.75 Å². The predicted octanol–water partition coefficient (Wildman–Crippen LogP) is 2.50. The molecule has 4 nitrogen and oxygen atoms in total. The van der Waals surface area contributed by atoms with Gasteiger partial charge in [0.25, 0.3) is 5.91 Å². The first-order valence-corrected chi connectivity index (χ1v) is 8.02. The number of ether oxygens (including phenoxy) is 1. The summed E-state index contributed by atoms with van der Waals surface area (Å²) in [5, 5.41) is 12.7. The van der Waals surface area contributed by atoms with Crippen LogP contribution in [0.4, 0.5) is 0 Å². The van der Waals surface area contributed by atoms with E-state index in [-0.39, 0.29) is 24.5 Å². The van der Waals surface area contributed by atoms with Crippen LogP contribution in [0, 0.1) is 5.92 Å². The van der Waals surface area contributed by atoms with Crippen LogP contribution >= 0.6 is 15.9 Å². The molecule has 1 amide bonds. The Balaban J connectivity index is 1.65. The number of aliphatic hydroxyl groups is 1. The number of hydrogen-bond donors (Lipinski definition) is 2. The summed E-state index contributed by atoms with van der Waals surface area (Å²) in [5.41, 5.74) is 1.52. The average molecular weight is 352 g/mol. The second-order valence-electron chi connectivity index (χ2n) is 5.61. The van der Waals surface area contributed by atoms with Gasteiger partial charge < -0.3 is 15.2 Å². The summed E-state index contributed by atoms with van der Waals surface area (Å²) in [6, 6.07) is 5.74. The van der Waals surface area contributed by atoms with E-state index in [2.05, 4.69) is 21.2 Å². The van der Waals surface area contributed by atoms with Crippen molar-refractivity contribution in [1.29, 1.82) is 0 Å². The normalized spacial score (nSPS) is 24.0. The molecule has 2 unspecified atom stereocenters. The minimum atomic E-state index is -0.279. The minimum Gasteiger partial charge on any atom is -0.488 e. The third-order valence-corrected chi connectivity index (χ3v) is 4.61. The highest BCUT2D eigenvalue weighted by Crippen LogP contribution is 2.29. The number of carbonyl (C=O) groups excluding carboxylic acids is 1. The number of fused-ring (bicyclic) bond motifs is 1. The van der Waals surface area contributed by atoms with Gasteiger partial charge >= 0.3 is 0 Å². The van der Waals surface area contributed by atoms with Gasteiger partial charge in [0.15, 0.2) is 0 Å². The zero-order valence-corrected chi connectivity index (χ0v) is 13.2. The Bertz CT molecular complexity index is 585. The van der Waals surface area contributed by atoms with Gasteiger partial charge in [0.2, 0.25) is 0 Å². The van der Waals surface area contributed by atoms with E-state index in [1.54, 1.807) is 0 Å². The number of benzene rings is 1. The Morgan fingerprint density at radius 2 is 2.29 bits per heavy atom. The zero-order chi connectivity index (χ0) is 14.8. The topological polar surface area (TPSA) is 58.6 Å². The van der Waals surface area contributed by atoms with E-state index in [0.717, 1.165) is 35.0 Å². The Morgan fingerprint density at radius 1 is 1.43 bits per heavy atom. The predicted molar refractivity (Wildman–Crippen MR) is 84.0 cm³/mol. The van der Waals surface area contributed by atoms with Crippen LogP contribution < -0.4 is 10.1 Å². The number of amides is 1. The van der Waals surface area contributed by atoms with Crippen LogP contribution in [0.3, 0.4) is 0 Å². The molecule has 1 aliphatic heterocycles. The van der Waals surface area contributed by atoms with Crippen molar-refractivity contribution in [2.75, 3.05) is 13.2 Å². The lowest BCUT2D eigenvalue weighted by Crippen LogP contribution is -2.34. The molecule has 2 aliphatic rings. The molecule has 2 atom stereocenters. The highest BCUT2D eigenvalue weighted by molar-refractivity contribution is 9.10. The second-order valence-corrected chi connectivity index (χ2v) is 6.52. The molecular formula is C16H18BrNO3. The summed E-state index contributed by atoms with van der Waals surface area (Å²) in [7, 11) is 0. The molecule has 1 saturated carbocycles. The van der Waals surface area contributed by atoms with E-state index >= 15 is 0 Å². The van der Waals surface area contributed by atoms with Crippen LogP contribution in [0.2, 0.25) is 0 Å². The smallest absolute Gasteiger partial charge is 0.250 e. The first-order valence-electron chi connectivity index (χ1n) is 7.22. The lowest BCUT2D eigenvalue weighted by atomic mass is 10.0. The van der Waals surface area contributed by atoms with Crippen molar-refractivity contribution in [3.8, 4) is 5.75 Å². The largest absolute Gasteiger partial charge is 0.488 e. The minimum absolute atomic E-state index is 0.111. The summed E-state index contributed by atoms with van der Waals surface area (Å²) >= 11 is 3.42. The highest BCUT2D eigenvalue weighted by Gasteiger charge is 2.26. The van der Waals surface area contributed by atoms with Crippen molar-refractivity contribution in [3.05, 3.63) is 33.8 Å². The van der Waals surface area contributed by atoms with Gasteiger partial charge in [-0.05, 0) is 37.1 Å². The van der Waals surface area contributed by atoms with Crippen LogP contribution in [-0.4, -0.2) is 30.3 Å². The van der Waals surface area contributed by atoms with Gasteiger partial charge in [0.05, 0.1) is 11.7 Å². The van der Waals surface area contributed by atoms with Crippen LogP contribution in [0.25, 0.3) is 6.08 Å². The fraction of sp³-hybridized carbons (Fsp3) is 0.438. The molecule has 1 aliphatic carbocycles. The van der Waals surface area contributed by atoms with E-state index < -0.39 is 0 Å². The standard InChI is InChI=1S/C16H18BrNO3/c17-13-4-5-15-11(7-13)6-12(9-21-15)16(20)18-8-10-2-1-3-14(10)19/h4-7,10,14,19H,1-3,8-9H2,(H,18,20). The van der Waals surface area contributed by atoms with E-state index in [9.17, 15) is 9.90 Å². The molecule has 1 aromatic rings. The summed E-state index contributed by atoms with van der Waals surface area (Å²) < 4.78 is 6.56. The number of halogens is 1. The van der Waals surface area contributed by atoms with E-state index in [1.807, 2.05) is 24.3 Å². The quantitative estimate of drug-likeness (QED) is 0.879. The first kappa shape index (κ1) is 14.6. The summed E-state index contributed by atoms with van der Waals surface area (Å²) in [6.45, 7) is 0.816. The molecule has 21 heavy (non-hydrogen) atoms. The van der Waals surface area contributed by atoms with Crippen molar-refractivity contribution in [2.24, 2.45) is 5.92 Å². The SMILES string of the molecule is O=C(NCC1CCCC1O)C1=Cc2cc(Br)ccc2OC1. The molecule has 0 bridgehead atoms. The zero-order valence-electron chi connectivity index (χ0n) is 11.6. The third kappa shape index (κ3) is 3.30. The summed E-state index contributed by atoms with van der Waals surface area (Å²) in [6.07, 6.45) is 4.44. The van der Waals surface area contributed by atoms with E-state index in [4.69, 9.17) is 4.74 Å². The molecule has 1 aromatic carbocycles. The van der Waals surface area contributed by atoms with Gasteiger partial charge in [-0.15, -0.1) is 0 Å². The number of nitrogens with one attached hydrogen (secondary N) is 1. The summed E-state index contributed by atoms with van der Waals surface area (Å²) in [4.78, 5) is 12.2. The Kier molecular flexibility index (Phi) is 4.31. The van der Waals surface area contributed by atoms with E-state index in [1.165, 1.54) is 0 Å². The Hall–Kier alpha value is -1.33. The fourth-order valence-electron chi connectivity index (χ4n) is 2.87. The van der Waals surface area contributed by atoms with Gasteiger partial charge in [0.1, 0.15) is 12.4 Å². The molecular weight excluding hydrogens is 334 g/mol. The maximum absolute atomic E-state index is 12.2. The Labute approximate surface area is 132 Å². The lowest BCUT2D eigenvalue weighted by Gasteiger charge is -2.19. The number of aliphatic hydroxyl groups excluding tert-OH is 1. The van der Waals surface area contributed by atoms with Crippen molar-refractivity contribution in [3.63, 3.8) is 0 Å². The second kappa shape index (κ2) is 6.20. The van der Waals surface area contributed by atoms with Gasteiger partial charge in [-0.2, -0.15) is 0 Å². The van der Waals surface area contributed by atoms with Crippen molar-refractivity contribution >= 4 is 27.9 Å². The van der Waals surface area contributed by atoms with Crippen LogP contribution in [0.15, 0.2) is 28.2 Å². The molecule has 2 N–H and O–H groups in total. The molecule has 0 aromatic heterocycles. The molecule has 112 valence electrons. The van der Waals surface area contributed by atoms with Crippen LogP contribution in [0.1, 0.15) is 24.8 Å². The Morgan fingerprint density at radius 3 is 3.05 bits per heavy atom.